The summed E-state index contributed by atoms with van der Waals surface area (Å²) in [5.41, 5.74) is 8.48. The lowest BCUT2D eigenvalue weighted by molar-refractivity contribution is 0.826. The number of rotatable bonds is 6. The van der Waals surface area contributed by atoms with Crippen molar-refractivity contribution in [3.63, 3.8) is 0 Å². The van der Waals surface area contributed by atoms with Gasteiger partial charge >= 0.3 is 0 Å². The highest BCUT2D eigenvalue weighted by Gasteiger charge is 2.12. The molecule has 1 aromatic heterocycles. The number of thioether (sulfide) groups is 1. The molecule has 0 fully saturated rings. The standard InChI is InChI=1S/C15H20N2S2/c1-3-17(11-12-6-5-9-19-12)14-7-4-8-15(18-2)13(14)10-16/h4-9H,3,10-11,16H2,1-2H3. The molecule has 2 aromatic rings. The van der Waals surface area contributed by atoms with Gasteiger partial charge in [0.25, 0.3) is 0 Å². The average Bonchev–Trinajstić information content (AvgIpc) is 2.96. The second-order valence-electron chi connectivity index (χ2n) is 4.26. The second-order valence-corrected chi connectivity index (χ2v) is 6.14. The molecule has 2 rings (SSSR count). The van der Waals surface area contributed by atoms with Crippen LogP contribution >= 0.6 is 23.1 Å². The van der Waals surface area contributed by atoms with E-state index in [1.54, 1.807) is 23.1 Å². The van der Waals surface area contributed by atoms with Crippen molar-refractivity contribution in [2.45, 2.75) is 24.9 Å². The minimum atomic E-state index is 0.591. The zero-order chi connectivity index (χ0) is 13.7. The van der Waals surface area contributed by atoms with Crippen LogP contribution in [0, 0.1) is 0 Å². The van der Waals surface area contributed by atoms with Crippen LogP contribution in [-0.2, 0) is 13.1 Å². The maximum atomic E-state index is 5.96. The van der Waals surface area contributed by atoms with E-state index in [9.17, 15) is 0 Å². The number of nitrogens with two attached hydrogens (primary N) is 1. The quantitative estimate of drug-likeness (QED) is 0.817. The Kier molecular flexibility index (Phi) is 5.31. The van der Waals surface area contributed by atoms with Crippen molar-refractivity contribution in [2.75, 3.05) is 17.7 Å². The first-order valence-electron chi connectivity index (χ1n) is 6.43. The van der Waals surface area contributed by atoms with E-state index in [4.69, 9.17) is 5.73 Å². The predicted octanol–water partition coefficient (Wildman–Crippen LogP) is 3.96. The number of hydrogen-bond acceptors (Lipinski definition) is 4. The van der Waals surface area contributed by atoms with Crippen LogP contribution < -0.4 is 10.6 Å². The molecule has 2 nitrogen and oxygen atoms in total. The van der Waals surface area contributed by atoms with Crippen LogP contribution in [-0.4, -0.2) is 12.8 Å². The van der Waals surface area contributed by atoms with Crippen LogP contribution in [0.1, 0.15) is 17.4 Å². The van der Waals surface area contributed by atoms with Crippen molar-refractivity contribution in [1.29, 1.82) is 0 Å². The molecule has 19 heavy (non-hydrogen) atoms. The molecule has 102 valence electrons. The fraction of sp³-hybridized carbons (Fsp3) is 0.333. The molecule has 0 saturated heterocycles. The summed E-state index contributed by atoms with van der Waals surface area (Å²) in [5, 5.41) is 2.13. The molecule has 4 heteroatoms. The minimum absolute atomic E-state index is 0.591. The Morgan fingerprint density at radius 1 is 1.26 bits per heavy atom. The normalized spacial score (nSPS) is 10.7. The topological polar surface area (TPSA) is 29.3 Å². The molecule has 0 aliphatic heterocycles. The van der Waals surface area contributed by atoms with Crippen molar-refractivity contribution in [1.82, 2.24) is 0 Å². The lowest BCUT2D eigenvalue weighted by Gasteiger charge is -2.26. The number of thiophene rings is 1. The number of nitrogens with zero attached hydrogens (tertiary/aromatic N) is 1. The predicted molar refractivity (Wildman–Crippen MR) is 87.2 cm³/mol. The Bertz CT molecular complexity index is 509. The first kappa shape index (κ1) is 14.4. The van der Waals surface area contributed by atoms with Crippen LogP contribution in [0.3, 0.4) is 0 Å². The maximum Gasteiger partial charge on any atom is 0.0522 e. The van der Waals surface area contributed by atoms with Crippen LogP contribution in [0.2, 0.25) is 0 Å². The Balaban J connectivity index is 2.32. The van der Waals surface area contributed by atoms with Gasteiger partial charge in [0.15, 0.2) is 0 Å². The van der Waals surface area contributed by atoms with Crippen molar-refractivity contribution in [2.24, 2.45) is 5.73 Å². The zero-order valence-electron chi connectivity index (χ0n) is 11.4. The van der Waals surface area contributed by atoms with Gasteiger partial charge in [0.1, 0.15) is 0 Å². The van der Waals surface area contributed by atoms with Crippen molar-refractivity contribution in [3.8, 4) is 0 Å². The van der Waals surface area contributed by atoms with Crippen molar-refractivity contribution < 1.29 is 0 Å². The molecule has 2 N–H and O–H groups in total. The molecule has 0 saturated carbocycles. The van der Waals surface area contributed by atoms with Gasteiger partial charge in [-0.2, -0.15) is 0 Å². The van der Waals surface area contributed by atoms with Crippen LogP contribution in [0.5, 0.6) is 0 Å². The molecule has 1 aromatic carbocycles. The summed E-state index contributed by atoms with van der Waals surface area (Å²) in [6, 6.07) is 10.7. The maximum absolute atomic E-state index is 5.96. The molecule has 0 aliphatic carbocycles. The Morgan fingerprint density at radius 3 is 2.68 bits per heavy atom. The smallest absolute Gasteiger partial charge is 0.0522 e. The minimum Gasteiger partial charge on any atom is -0.366 e. The third kappa shape index (κ3) is 3.32. The van der Waals surface area contributed by atoms with E-state index in [1.807, 2.05) is 0 Å². The zero-order valence-corrected chi connectivity index (χ0v) is 13.1. The Morgan fingerprint density at radius 2 is 2.11 bits per heavy atom. The summed E-state index contributed by atoms with van der Waals surface area (Å²) >= 11 is 3.57. The van der Waals surface area contributed by atoms with Gasteiger partial charge in [0, 0.05) is 34.1 Å². The van der Waals surface area contributed by atoms with Crippen LogP contribution in [0.25, 0.3) is 0 Å². The van der Waals surface area contributed by atoms with E-state index in [1.165, 1.54) is 21.0 Å². The van der Waals surface area contributed by atoms with Crippen LogP contribution in [0.15, 0.2) is 40.6 Å². The van der Waals surface area contributed by atoms with E-state index in [0.29, 0.717) is 6.54 Å². The van der Waals surface area contributed by atoms with E-state index < -0.39 is 0 Å². The highest BCUT2D eigenvalue weighted by atomic mass is 32.2. The monoisotopic (exact) mass is 292 g/mol. The third-order valence-electron chi connectivity index (χ3n) is 3.18. The van der Waals surface area contributed by atoms with E-state index in [-0.39, 0.29) is 0 Å². The molecule has 0 radical (unpaired) electrons. The van der Waals surface area contributed by atoms with Crippen molar-refractivity contribution in [3.05, 3.63) is 46.2 Å². The van der Waals surface area contributed by atoms with E-state index in [0.717, 1.165) is 13.1 Å². The summed E-state index contributed by atoms with van der Waals surface area (Å²) in [7, 11) is 0. The van der Waals surface area contributed by atoms with Gasteiger partial charge in [-0.3, -0.25) is 0 Å². The lowest BCUT2D eigenvalue weighted by atomic mass is 10.1. The van der Waals surface area contributed by atoms with Crippen LogP contribution in [0.4, 0.5) is 5.69 Å². The summed E-state index contributed by atoms with van der Waals surface area (Å²) in [6.07, 6.45) is 2.10. The highest BCUT2D eigenvalue weighted by Crippen LogP contribution is 2.30. The SMILES string of the molecule is CCN(Cc1cccs1)c1cccc(SC)c1CN. The third-order valence-corrected chi connectivity index (χ3v) is 4.87. The molecule has 0 atom stereocenters. The summed E-state index contributed by atoms with van der Waals surface area (Å²) in [6.45, 7) is 4.73. The van der Waals surface area contributed by atoms with E-state index >= 15 is 0 Å². The molecule has 0 bridgehead atoms. The molecule has 0 unspecified atom stereocenters. The Labute approximate surface area is 123 Å². The fourth-order valence-corrected chi connectivity index (χ4v) is 3.57. The molecular weight excluding hydrogens is 272 g/mol. The molecule has 1 heterocycles. The molecule has 0 aliphatic rings. The first-order chi connectivity index (χ1) is 9.30. The summed E-state index contributed by atoms with van der Waals surface area (Å²) in [4.78, 5) is 5.07. The van der Waals surface area contributed by atoms with Gasteiger partial charge in [-0.05, 0) is 36.8 Å². The molecule has 0 amide bonds. The average molecular weight is 292 g/mol. The summed E-state index contributed by atoms with van der Waals surface area (Å²) < 4.78 is 0. The van der Waals surface area contributed by atoms with Gasteiger partial charge in [-0.1, -0.05) is 12.1 Å². The van der Waals surface area contributed by atoms with Gasteiger partial charge < -0.3 is 10.6 Å². The molecule has 0 spiro atoms. The highest BCUT2D eigenvalue weighted by molar-refractivity contribution is 7.98. The van der Waals surface area contributed by atoms with Gasteiger partial charge in [-0.15, -0.1) is 23.1 Å². The molecular formula is C15H20N2S2. The number of hydrogen-bond donors (Lipinski definition) is 1. The fourth-order valence-electron chi connectivity index (χ4n) is 2.20. The van der Waals surface area contributed by atoms with E-state index in [2.05, 4.69) is 53.8 Å². The van der Waals surface area contributed by atoms with Gasteiger partial charge in [0.2, 0.25) is 0 Å². The second kappa shape index (κ2) is 6.98. The number of anilines is 1. The largest absolute Gasteiger partial charge is 0.366 e. The van der Waals surface area contributed by atoms with Gasteiger partial charge in [-0.25, -0.2) is 0 Å². The van der Waals surface area contributed by atoms with Gasteiger partial charge in [0.05, 0.1) is 6.54 Å². The number of benzene rings is 1. The lowest BCUT2D eigenvalue weighted by Crippen LogP contribution is -2.23. The summed E-state index contributed by atoms with van der Waals surface area (Å²) in [5.74, 6) is 0. The Hall–Kier alpha value is -0.970. The first-order valence-corrected chi connectivity index (χ1v) is 8.53. The van der Waals surface area contributed by atoms with Crippen molar-refractivity contribution >= 4 is 28.8 Å².